The van der Waals surface area contributed by atoms with Crippen molar-refractivity contribution in [2.75, 3.05) is 26.2 Å². The number of nitrogens with one attached hydrogen (secondary N) is 1. The number of hydrogen-bond acceptors (Lipinski definition) is 4. The van der Waals surface area contributed by atoms with Gasteiger partial charge in [0.05, 0.1) is 5.56 Å². The Kier molecular flexibility index (Phi) is 5.51. The van der Waals surface area contributed by atoms with E-state index >= 15 is 0 Å². The third kappa shape index (κ3) is 4.57. The number of para-hydroxylation sites is 1. The van der Waals surface area contributed by atoms with E-state index in [1.54, 1.807) is 13.0 Å². The van der Waals surface area contributed by atoms with Crippen LogP contribution in [-0.4, -0.2) is 48.9 Å². The van der Waals surface area contributed by atoms with E-state index in [0.29, 0.717) is 24.0 Å². The highest BCUT2D eigenvalue weighted by molar-refractivity contribution is 5.96. The highest BCUT2D eigenvalue weighted by Crippen LogP contribution is 2.29. The van der Waals surface area contributed by atoms with Crippen LogP contribution >= 0.6 is 0 Å². The molecule has 1 N–H and O–H groups in total. The van der Waals surface area contributed by atoms with E-state index in [1.807, 2.05) is 18.2 Å². The molecule has 130 valence electrons. The number of carbonyl (C=O) groups excluding carboxylic acids is 2. The van der Waals surface area contributed by atoms with E-state index in [4.69, 9.17) is 4.74 Å². The molecule has 1 saturated heterocycles. The Bertz CT molecular complexity index is 590. The van der Waals surface area contributed by atoms with Gasteiger partial charge in [-0.15, -0.1) is 0 Å². The fraction of sp³-hybridized carbons (Fsp3) is 0.579. The van der Waals surface area contributed by atoms with Crippen molar-refractivity contribution >= 4 is 11.7 Å². The van der Waals surface area contributed by atoms with Gasteiger partial charge in [0, 0.05) is 31.6 Å². The van der Waals surface area contributed by atoms with Gasteiger partial charge in [-0.05, 0) is 44.7 Å². The molecule has 0 radical (unpaired) electrons. The molecule has 1 heterocycles. The molecule has 1 aliphatic heterocycles. The highest BCUT2D eigenvalue weighted by atomic mass is 16.5. The second-order valence-electron chi connectivity index (χ2n) is 6.80. The van der Waals surface area contributed by atoms with Crippen molar-refractivity contribution in [2.45, 2.75) is 38.6 Å². The molecule has 1 aliphatic carbocycles. The molecular weight excluding hydrogens is 304 g/mol. The van der Waals surface area contributed by atoms with Crippen LogP contribution in [0, 0.1) is 5.92 Å². The zero-order valence-electron chi connectivity index (χ0n) is 14.3. The largest absolute Gasteiger partial charge is 0.491 e. The van der Waals surface area contributed by atoms with Crippen LogP contribution in [-0.2, 0) is 4.79 Å². The molecule has 0 atom stereocenters. The lowest BCUT2D eigenvalue weighted by molar-refractivity contribution is -0.123. The summed E-state index contributed by atoms with van der Waals surface area (Å²) in [6, 6.07) is 7.70. The Hall–Kier alpha value is -1.88. The number of ketones is 1. The third-order valence-electron chi connectivity index (χ3n) is 4.81. The number of amides is 1. The van der Waals surface area contributed by atoms with E-state index in [9.17, 15) is 9.59 Å². The van der Waals surface area contributed by atoms with Crippen molar-refractivity contribution in [1.82, 2.24) is 10.2 Å². The number of piperidine rings is 1. The average Bonchev–Trinajstić information content (AvgIpc) is 3.42. The number of benzene rings is 1. The minimum atomic E-state index is 0.0258. The predicted octanol–water partition coefficient (Wildman–Crippen LogP) is 2.26. The smallest absolute Gasteiger partial charge is 0.223 e. The van der Waals surface area contributed by atoms with E-state index in [0.717, 1.165) is 45.3 Å². The fourth-order valence-electron chi connectivity index (χ4n) is 3.13. The molecule has 24 heavy (non-hydrogen) atoms. The van der Waals surface area contributed by atoms with Gasteiger partial charge in [-0.25, -0.2) is 0 Å². The van der Waals surface area contributed by atoms with E-state index in [1.165, 1.54) is 0 Å². The zero-order chi connectivity index (χ0) is 16.9. The lowest BCUT2D eigenvalue weighted by atomic mass is 10.0. The number of nitrogens with zero attached hydrogens (tertiary/aromatic N) is 1. The van der Waals surface area contributed by atoms with Crippen LogP contribution in [0.3, 0.4) is 0 Å². The number of hydrogen-bond donors (Lipinski definition) is 1. The maximum absolute atomic E-state index is 11.8. The van der Waals surface area contributed by atoms with Crippen molar-refractivity contribution in [3.8, 4) is 5.75 Å². The number of likely N-dealkylation sites (tertiary alicyclic amines) is 1. The fourth-order valence-corrected chi connectivity index (χ4v) is 3.13. The van der Waals surface area contributed by atoms with E-state index in [-0.39, 0.29) is 17.6 Å². The molecular formula is C19H26N2O3. The lowest BCUT2D eigenvalue weighted by Gasteiger charge is -2.32. The Morgan fingerprint density at radius 2 is 1.88 bits per heavy atom. The maximum atomic E-state index is 11.8. The van der Waals surface area contributed by atoms with Crippen LogP contribution in [0.5, 0.6) is 5.75 Å². The van der Waals surface area contributed by atoms with Gasteiger partial charge in [-0.3, -0.25) is 14.5 Å². The zero-order valence-corrected chi connectivity index (χ0v) is 14.3. The second-order valence-corrected chi connectivity index (χ2v) is 6.80. The van der Waals surface area contributed by atoms with Crippen LogP contribution in [0.2, 0.25) is 0 Å². The van der Waals surface area contributed by atoms with Crippen LogP contribution in [0.25, 0.3) is 0 Å². The van der Waals surface area contributed by atoms with Gasteiger partial charge in [0.2, 0.25) is 5.91 Å². The summed E-state index contributed by atoms with van der Waals surface area (Å²) in [5.41, 5.74) is 0.638. The summed E-state index contributed by atoms with van der Waals surface area (Å²) in [6.07, 6.45) is 4.12. The lowest BCUT2D eigenvalue weighted by Crippen LogP contribution is -2.46. The Labute approximate surface area is 143 Å². The van der Waals surface area contributed by atoms with Crippen LogP contribution in [0.1, 0.15) is 43.0 Å². The molecule has 5 nitrogen and oxygen atoms in total. The van der Waals surface area contributed by atoms with E-state index < -0.39 is 0 Å². The van der Waals surface area contributed by atoms with Crippen molar-refractivity contribution in [3.63, 3.8) is 0 Å². The van der Waals surface area contributed by atoms with Gasteiger partial charge in [0.25, 0.3) is 0 Å². The molecule has 2 fully saturated rings. The molecule has 1 aromatic carbocycles. The Morgan fingerprint density at radius 1 is 1.17 bits per heavy atom. The van der Waals surface area contributed by atoms with Gasteiger partial charge in [0.15, 0.2) is 5.78 Å². The number of ether oxygens (including phenoxy) is 1. The summed E-state index contributed by atoms with van der Waals surface area (Å²) in [5, 5.41) is 3.17. The van der Waals surface area contributed by atoms with Gasteiger partial charge >= 0.3 is 0 Å². The first kappa shape index (κ1) is 17.0. The maximum Gasteiger partial charge on any atom is 0.223 e. The molecule has 0 unspecified atom stereocenters. The number of rotatable bonds is 7. The van der Waals surface area contributed by atoms with Crippen LogP contribution in [0.15, 0.2) is 24.3 Å². The summed E-state index contributed by atoms with van der Waals surface area (Å²) in [4.78, 5) is 25.7. The second kappa shape index (κ2) is 7.79. The van der Waals surface area contributed by atoms with Crippen LogP contribution in [0.4, 0.5) is 0 Å². The first-order chi connectivity index (χ1) is 11.6. The van der Waals surface area contributed by atoms with E-state index in [2.05, 4.69) is 10.2 Å². The van der Waals surface area contributed by atoms with Crippen molar-refractivity contribution in [3.05, 3.63) is 29.8 Å². The van der Waals surface area contributed by atoms with Gasteiger partial charge in [-0.1, -0.05) is 12.1 Å². The topological polar surface area (TPSA) is 58.6 Å². The predicted molar refractivity (Wildman–Crippen MR) is 92.3 cm³/mol. The number of Topliss-reactive ketones (excluding diaryl/α,β-unsaturated/α-hetero) is 1. The summed E-state index contributed by atoms with van der Waals surface area (Å²) in [5.74, 6) is 1.23. The molecule has 0 spiro atoms. The quantitative estimate of drug-likeness (QED) is 0.779. The molecule has 1 aromatic rings. The third-order valence-corrected chi connectivity index (χ3v) is 4.81. The normalized spacial score (nSPS) is 19.0. The van der Waals surface area contributed by atoms with Crippen molar-refractivity contribution < 1.29 is 14.3 Å². The summed E-state index contributed by atoms with van der Waals surface area (Å²) in [6.45, 7) is 4.93. The molecule has 3 rings (SSSR count). The monoisotopic (exact) mass is 330 g/mol. The molecule has 0 aromatic heterocycles. The summed E-state index contributed by atoms with van der Waals surface area (Å²) < 4.78 is 5.80. The van der Waals surface area contributed by atoms with Crippen molar-refractivity contribution in [1.29, 1.82) is 0 Å². The Balaban J connectivity index is 1.38. The first-order valence-electron chi connectivity index (χ1n) is 8.89. The van der Waals surface area contributed by atoms with Gasteiger partial charge < -0.3 is 10.1 Å². The molecule has 1 saturated carbocycles. The average molecular weight is 330 g/mol. The number of carbonyl (C=O) groups is 2. The molecule has 1 amide bonds. The minimum absolute atomic E-state index is 0.0258. The van der Waals surface area contributed by atoms with Gasteiger partial charge in [0.1, 0.15) is 12.4 Å². The minimum Gasteiger partial charge on any atom is -0.491 e. The molecule has 0 bridgehead atoms. The summed E-state index contributed by atoms with van der Waals surface area (Å²) in [7, 11) is 0. The van der Waals surface area contributed by atoms with Crippen molar-refractivity contribution in [2.24, 2.45) is 5.92 Å². The standard InChI is InChI=1S/C19H26N2O3/c1-14(22)17-4-2-3-5-18(17)24-13-12-21-10-8-16(9-11-21)20-19(23)15-6-7-15/h2-5,15-16H,6-13H2,1H3,(H,20,23). The first-order valence-corrected chi connectivity index (χ1v) is 8.89. The molecule has 2 aliphatic rings. The Morgan fingerprint density at radius 3 is 2.54 bits per heavy atom. The van der Waals surface area contributed by atoms with Crippen LogP contribution < -0.4 is 10.1 Å². The van der Waals surface area contributed by atoms with Gasteiger partial charge in [-0.2, -0.15) is 0 Å². The molecule has 5 heteroatoms. The highest BCUT2D eigenvalue weighted by Gasteiger charge is 2.31. The summed E-state index contributed by atoms with van der Waals surface area (Å²) >= 11 is 0. The SMILES string of the molecule is CC(=O)c1ccccc1OCCN1CCC(NC(=O)C2CC2)CC1.